The highest BCUT2D eigenvalue weighted by molar-refractivity contribution is 6.15. The topological polar surface area (TPSA) is 21.4 Å². The van der Waals surface area contributed by atoms with Gasteiger partial charge in [0.2, 0.25) is 5.69 Å². The summed E-state index contributed by atoms with van der Waals surface area (Å²) >= 11 is 0. The first kappa shape index (κ1) is 21.1. The minimum absolute atomic E-state index is 0.0176. The van der Waals surface area contributed by atoms with Crippen molar-refractivity contribution in [2.24, 2.45) is 12.5 Å². The van der Waals surface area contributed by atoms with Crippen LogP contribution in [-0.4, -0.2) is 0 Å². The predicted molar refractivity (Wildman–Crippen MR) is 187 cm³/mol. The van der Waals surface area contributed by atoms with Gasteiger partial charge < -0.3 is 4.42 Å². The molecule has 1 aliphatic rings. The Labute approximate surface area is 278 Å². The number of rotatable bonds is 4. The zero-order valence-corrected chi connectivity index (χ0v) is 26.1. The fraction of sp³-hybridized carbons (Fsp3) is 0.286. The Morgan fingerprint density at radius 1 is 0.889 bits per heavy atom. The molecule has 0 aliphatic heterocycles. The summed E-state index contributed by atoms with van der Waals surface area (Å²) in [6, 6.07) is 21.8. The molecule has 0 radical (unpaired) electrons. The molecule has 0 bridgehead atoms. The number of furan rings is 1. The molecule has 0 amide bonds. The fourth-order valence-corrected chi connectivity index (χ4v) is 6.83. The van der Waals surface area contributed by atoms with Crippen molar-refractivity contribution < 1.29 is 20.0 Å². The molecular weight excluding hydrogens is 548 g/mol. The van der Waals surface area contributed by atoms with Crippen LogP contribution in [0.4, 0.5) is 5.69 Å². The first-order valence-electron chi connectivity index (χ1n) is 19.5. The van der Waals surface area contributed by atoms with Crippen LogP contribution in [0.2, 0.25) is 0 Å². The third-order valence-electron chi connectivity index (χ3n) is 9.53. The number of benzene rings is 4. The van der Waals surface area contributed by atoms with Gasteiger partial charge in [0.15, 0.2) is 11.9 Å². The van der Waals surface area contributed by atoms with Gasteiger partial charge >= 0.3 is 0 Å². The molecule has 0 atom stereocenters. The number of fused-ring (bicyclic) bond motifs is 3. The molecule has 45 heavy (non-hydrogen) atoms. The lowest BCUT2D eigenvalue weighted by atomic mass is 9.71. The summed E-state index contributed by atoms with van der Waals surface area (Å²) in [5.74, 6) is -1.05. The molecule has 4 aromatic carbocycles. The van der Waals surface area contributed by atoms with E-state index in [2.05, 4.69) is 18.7 Å². The van der Waals surface area contributed by atoms with Crippen molar-refractivity contribution in [2.75, 3.05) is 0 Å². The van der Waals surface area contributed by atoms with Crippen LogP contribution in [0.25, 0.3) is 60.3 Å². The second kappa shape index (κ2) is 11.0. The van der Waals surface area contributed by atoms with Crippen molar-refractivity contribution in [3.63, 3.8) is 0 Å². The summed E-state index contributed by atoms with van der Waals surface area (Å²) in [6.45, 7) is 8.83. The molecule has 224 valence electrons. The van der Waals surface area contributed by atoms with Crippen LogP contribution in [0.15, 0.2) is 89.5 Å². The number of hydrogen-bond acceptors (Lipinski definition) is 1. The second-order valence-electron chi connectivity index (χ2n) is 13.1. The molecule has 0 N–H and O–H groups in total. The van der Waals surface area contributed by atoms with Crippen molar-refractivity contribution >= 4 is 27.6 Å². The molecule has 2 aromatic heterocycles. The number of aromatic nitrogens is 1. The van der Waals surface area contributed by atoms with Crippen molar-refractivity contribution in [3.8, 4) is 33.5 Å². The normalized spacial score (nSPS) is 18.9. The first-order chi connectivity index (χ1) is 24.8. The second-order valence-corrected chi connectivity index (χ2v) is 13.1. The maximum atomic E-state index is 9.38. The highest BCUT2D eigenvalue weighted by atomic mass is 16.3. The highest BCUT2D eigenvalue weighted by Gasteiger charge is 2.28. The van der Waals surface area contributed by atoms with Gasteiger partial charge in [0.05, 0.1) is 13.5 Å². The maximum Gasteiger partial charge on any atom is 0.216 e. The van der Waals surface area contributed by atoms with E-state index < -0.39 is 19.6 Å². The fourth-order valence-electron chi connectivity index (χ4n) is 6.83. The molecule has 7 rings (SSSR count). The standard InChI is InChI=1S/C42H41N2O/c1-26-13-15-33-34-17-18-36(43-6)39(30-11-9-8-10-12-30)41(34)45-40(33)38(26)37-24-35(28(3)25-44(37)7)32-16-14-31(23-27(32)2)29-19-21-42(4,5)22-20-29/h8-18,23-25,29H,19-22H2,1-5,7H3/q+1/i2D3,3D3,16D,29D. The van der Waals surface area contributed by atoms with Gasteiger partial charge in [-0.3, -0.25) is 0 Å². The van der Waals surface area contributed by atoms with Crippen LogP contribution < -0.4 is 4.57 Å². The van der Waals surface area contributed by atoms with Crippen LogP contribution in [-0.2, 0) is 7.05 Å². The Balaban J connectivity index is 1.51. The lowest BCUT2D eigenvalue weighted by molar-refractivity contribution is -0.660. The zero-order valence-electron chi connectivity index (χ0n) is 34.1. The minimum Gasteiger partial charge on any atom is -0.456 e. The van der Waals surface area contributed by atoms with Crippen molar-refractivity contribution in [1.29, 1.82) is 0 Å². The summed E-state index contributed by atoms with van der Waals surface area (Å²) in [6.07, 6.45) is 4.17. The lowest BCUT2D eigenvalue weighted by Crippen LogP contribution is -2.31. The molecule has 1 fully saturated rings. The van der Waals surface area contributed by atoms with Gasteiger partial charge in [-0.05, 0) is 91.0 Å². The molecule has 3 heteroatoms. The van der Waals surface area contributed by atoms with Crippen molar-refractivity contribution in [1.82, 2.24) is 0 Å². The smallest absolute Gasteiger partial charge is 0.216 e. The van der Waals surface area contributed by atoms with Crippen LogP contribution in [0.3, 0.4) is 0 Å². The summed E-state index contributed by atoms with van der Waals surface area (Å²) in [7, 11) is 1.74. The molecule has 0 saturated heterocycles. The average molecular weight is 598 g/mol. The largest absolute Gasteiger partial charge is 0.456 e. The van der Waals surface area contributed by atoms with Gasteiger partial charge in [0, 0.05) is 37.6 Å². The Bertz CT molecular complexity index is 2460. The van der Waals surface area contributed by atoms with Gasteiger partial charge in [0.1, 0.15) is 18.2 Å². The van der Waals surface area contributed by atoms with E-state index in [1.165, 1.54) is 12.3 Å². The summed E-state index contributed by atoms with van der Waals surface area (Å²) < 4.78 is 78.6. The number of aryl methyl sites for hydroxylation is 4. The van der Waals surface area contributed by atoms with E-state index in [0.717, 1.165) is 34.7 Å². The molecule has 6 aromatic rings. The minimum atomic E-state index is -2.70. The maximum absolute atomic E-state index is 9.38. The van der Waals surface area contributed by atoms with E-state index >= 15 is 0 Å². The van der Waals surface area contributed by atoms with Gasteiger partial charge in [-0.2, -0.15) is 0 Å². The third-order valence-corrected chi connectivity index (χ3v) is 9.53. The molecule has 0 unspecified atom stereocenters. The summed E-state index contributed by atoms with van der Waals surface area (Å²) in [5, 5.41) is 1.62. The third kappa shape index (κ3) is 5.03. The van der Waals surface area contributed by atoms with Gasteiger partial charge in [-0.1, -0.05) is 86.6 Å². The number of pyridine rings is 1. The van der Waals surface area contributed by atoms with E-state index in [1.54, 1.807) is 29.8 Å². The Morgan fingerprint density at radius 3 is 2.31 bits per heavy atom. The predicted octanol–water partition coefficient (Wildman–Crippen LogP) is 11.6. The van der Waals surface area contributed by atoms with E-state index in [9.17, 15) is 2.74 Å². The monoisotopic (exact) mass is 597 g/mol. The Morgan fingerprint density at radius 2 is 1.60 bits per heavy atom. The Hall–Kier alpha value is -4.68. The highest BCUT2D eigenvalue weighted by Crippen LogP contribution is 2.46. The molecular formula is C42H41N2O+. The average Bonchev–Trinajstić information content (AvgIpc) is 3.47. The molecule has 0 spiro atoms. The molecule has 2 heterocycles. The number of nitrogens with zero attached hydrogens (tertiary/aromatic N) is 2. The van der Waals surface area contributed by atoms with E-state index in [0.29, 0.717) is 52.1 Å². The van der Waals surface area contributed by atoms with Crippen LogP contribution in [0, 0.1) is 32.6 Å². The van der Waals surface area contributed by atoms with E-state index in [1.807, 2.05) is 55.5 Å². The van der Waals surface area contributed by atoms with Crippen LogP contribution in [0.5, 0.6) is 0 Å². The summed E-state index contributed by atoms with van der Waals surface area (Å²) in [5.41, 5.74) is 5.60. The van der Waals surface area contributed by atoms with Crippen molar-refractivity contribution in [2.45, 2.75) is 66.1 Å². The number of hydrogen-bond donors (Lipinski definition) is 0. The van der Waals surface area contributed by atoms with Gasteiger partial charge in [-0.15, -0.1) is 0 Å². The zero-order chi connectivity index (χ0) is 38.2. The van der Waals surface area contributed by atoms with Crippen LogP contribution in [0.1, 0.15) is 78.6 Å². The first-order valence-corrected chi connectivity index (χ1v) is 15.5. The van der Waals surface area contributed by atoms with Crippen LogP contribution >= 0.6 is 0 Å². The van der Waals surface area contributed by atoms with E-state index in [-0.39, 0.29) is 33.7 Å². The summed E-state index contributed by atoms with van der Waals surface area (Å²) in [4.78, 5) is 3.80. The lowest BCUT2D eigenvalue weighted by Gasteiger charge is -2.34. The van der Waals surface area contributed by atoms with Gasteiger partial charge in [0.25, 0.3) is 0 Å². The Kier molecular flexibility index (Phi) is 5.18. The quantitative estimate of drug-likeness (QED) is 0.146. The molecule has 1 saturated carbocycles. The molecule has 1 aliphatic carbocycles. The molecule has 3 nitrogen and oxygen atoms in total. The van der Waals surface area contributed by atoms with Crippen molar-refractivity contribution in [3.05, 3.63) is 119 Å². The SMILES string of the molecule is [2H]c1cc(C2([2H])CCC(C)(C)CC2)cc(C([2H])([2H])[2H])c1-c1cc(-c2c(C)ccc3c2oc2c(-c4ccccc4)c([N+]#[C-])ccc23)[n+](C)cc1C([2H])([2H])[2H]. The van der Waals surface area contributed by atoms with E-state index in [4.69, 9.17) is 19.2 Å². The van der Waals surface area contributed by atoms with Gasteiger partial charge in [-0.25, -0.2) is 9.41 Å².